The first-order chi connectivity index (χ1) is 12.9. The zero-order valence-corrected chi connectivity index (χ0v) is 16.4. The molecule has 1 aliphatic rings. The number of carbonyl (C=O) groups is 2. The van der Waals surface area contributed by atoms with Crippen LogP contribution in [-0.4, -0.2) is 46.6 Å². The quantitative estimate of drug-likeness (QED) is 0.820. The average Bonchev–Trinajstić information content (AvgIpc) is 3.11. The van der Waals surface area contributed by atoms with Gasteiger partial charge in [0, 0.05) is 24.0 Å². The average molecular weight is 388 g/mol. The molecular formula is C20H24N2O4S. The lowest BCUT2D eigenvalue weighted by Crippen LogP contribution is -2.48. The first-order valence-electron chi connectivity index (χ1n) is 9.10. The fraction of sp³-hybridized carbons (Fsp3) is 0.450. The number of likely N-dealkylation sites (tertiary alicyclic amines) is 1. The van der Waals surface area contributed by atoms with Crippen molar-refractivity contribution < 1.29 is 19.4 Å². The van der Waals surface area contributed by atoms with Crippen molar-refractivity contribution in [3.05, 3.63) is 35.3 Å². The van der Waals surface area contributed by atoms with E-state index in [1.165, 1.54) is 11.3 Å². The summed E-state index contributed by atoms with van der Waals surface area (Å²) in [5.74, 6) is -0.0862. The van der Waals surface area contributed by atoms with Crippen LogP contribution in [0.25, 0.3) is 10.6 Å². The van der Waals surface area contributed by atoms with Crippen LogP contribution in [0.15, 0.2) is 29.6 Å². The number of hydrogen-bond donors (Lipinski definition) is 1. The minimum absolute atomic E-state index is 0.0641. The second kappa shape index (κ2) is 8.08. The second-order valence-electron chi connectivity index (χ2n) is 7.06. The molecule has 1 unspecified atom stereocenters. The normalized spacial score (nSPS) is 19.7. The molecule has 2 aromatic rings. The summed E-state index contributed by atoms with van der Waals surface area (Å²) in [6.45, 7) is 5.15. The second-order valence-corrected chi connectivity index (χ2v) is 7.92. The van der Waals surface area contributed by atoms with Gasteiger partial charge in [0.15, 0.2) is 0 Å². The molecule has 0 bridgehead atoms. The Morgan fingerprint density at radius 3 is 2.74 bits per heavy atom. The van der Waals surface area contributed by atoms with Gasteiger partial charge < -0.3 is 14.7 Å². The number of carbonyl (C=O) groups excluding carboxylic acids is 1. The van der Waals surface area contributed by atoms with E-state index in [4.69, 9.17) is 4.74 Å². The number of carboxylic acid groups (broad SMARTS) is 1. The van der Waals surface area contributed by atoms with Gasteiger partial charge in [0.1, 0.15) is 10.8 Å². The molecule has 1 aromatic carbocycles. The molecule has 6 nitrogen and oxygen atoms in total. The van der Waals surface area contributed by atoms with E-state index >= 15 is 0 Å². The summed E-state index contributed by atoms with van der Waals surface area (Å²) >= 11 is 1.50. The smallest absolute Gasteiger partial charge is 0.311 e. The summed E-state index contributed by atoms with van der Waals surface area (Å²) in [7, 11) is 0. The topological polar surface area (TPSA) is 79.7 Å². The largest absolute Gasteiger partial charge is 0.494 e. The van der Waals surface area contributed by atoms with Crippen molar-refractivity contribution in [1.82, 2.24) is 9.88 Å². The predicted molar refractivity (Wildman–Crippen MR) is 104 cm³/mol. The van der Waals surface area contributed by atoms with Crippen LogP contribution in [0.1, 0.15) is 32.4 Å². The van der Waals surface area contributed by atoms with Gasteiger partial charge >= 0.3 is 5.97 Å². The molecule has 0 spiro atoms. The molecule has 2 heterocycles. The number of benzene rings is 1. The number of carboxylic acids is 1. The van der Waals surface area contributed by atoms with Gasteiger partial charge in [0.2, 0.25) is 5.91 Å². The molecule has 1 aliphatic heterocycles. The fourth-order valence-corrected chi connectivity index (χ4v) is 4.10. The van der Waals surface area contributed by atoms with Crippen molar-refractivity contribution in [2.75, 3.05) is 19.7 Å². The van der Waals surface area contributed by atoms with E-state index in [9.17, 15) is 14.7 Å². The van der Waals surface area contributed by atoms with Crippen LogP contribution < -0.4 is 4.74 Å². The van der Waals surface area contributed by atoms with Crippen LogP contribution in [0.4, 0.5) is 0 Å². The Morgan fingerprint density at radius 1 is 1.33 bits per heavy atom. The zero-order chi connectivity index (χ0) is 19.4. The molecule has 0 saturated carbocycles. The van der Waals surface area contributed by atoms with Crippen molar-refractivity contribution >= 4 is 23.2 Å². The molecule has 1 atom stereocenters. The lowest BCUT2D eigenvalue weighted by atomic mass is 9.82. The number of piperidine rings is 1. The lowest BCUT2D eigenvalue weighted by molar-refractivity contribution is -0.153. The maximum Gasteiger partial charge on any atom is 0.311 e. The number of ether oxygens (including phenoxy) is 1. The van der Waals surface area contributed by atoms with E-state index in [0.29, 0.717) is 26.0 Å². The number of rotatable bonds is 6. The van der Waals surface area contributed by atoms with Gasteiger partial charge in [-0.2, -0.15) is 0 Å². The summed E-state index contributed by atoms with van der Waals surface area (Å²) < 4.78 is 5.45. The molecule has 1 N–H and O–H groups in total. The standard InChI is InChI=1S/C20H24N2O4S/c1-3-26-16-7-5-14(6-8-16)18-21-15(12-27-18)11-17(23)22-10-4-9-20(2,13-22)19(24)25/h5-8,12H,3-4,9-11,13H2,1-2H3,(H,24,25). The molecule has 7 heteroatoms. The Labute approximate surface area is 162 Å². The van der Waals surface area contributed by atoms with E-state index in [1.54, 1.807) is 11.8 Å². The third kappa shape index (κ3) is 4.47. The number of amides is 1. The van der Waals surface area contributed by atoms with Crippen LogP contribution in [0.2, 0.25) is 0 Å². The lowest BCUT2D eigenvalue weighted by Gasteiger charge is -2.37. The maximum atomic E-state index is 12.6. The van der Waals surface area contributed by atoms with Crippen LogP contribution in [-0.2, 0) is 16.0 Å². The Bertz CT molecular complexity index is 818. The molecule has 0 aliphatic carbocycles. The van der Waals surface area contributed by atoms with Crippen LogP contribution in [0, 0.1) is 5.41 Å². The molecule has 0 radical (unpaired) electrons. The molecule has 3 rings (SSSR count). The summed E-state index contributed by atoms with van der Waals surface area (Å²) in [6, 6.07) is 7.73. The van der Waals surface area contributed by atoms with Crippen LogP contribution in [0.3, 0.4) is 0 Å². The molecule has 1 saturated heterocycles. The van der Waals surface area contributed by atoms with Crippen molar-refractivity contribution in [3.8, 4) is 16.3 Å². The van der Waals surface area contributed by atoms with Gasteiger partial charge in [0.05, 0.1) is 24.1 Å². The number of nitrogens with zero attached hydrogens (tertiary/aromatic N) is 2. The van der Waals surface area contributed by atoms with Gasteiger partial charge in [-0.05, 0) is 51.0 Å². The molecular weight excluding hydrogens is 364 g/mol. The van der Waals surface area contributed by atoms with Crippen molar-refractivity contribution in [2.24, 2.45) is 5.41 Å². The Hall–Kier alpha value is -2.41. The first kappa shape index (κ1) is 19.4. The Kier molecular flexibility index (Phi) is 5.79. The highest BCUT2D eigenvalue weighted by Gasteiger charge is 2.39. The van der Waals surface area contributed by atoms with E-state index in [0.717, 1.165) is 22.0 Å². The minimum atomic E-state index is -0.858. The predicted octanol–water partition coefficient (Wildman–Crippen LogP) is 3.46. The van der Waals surface area contributed by atoms with Crippen LogP contribution in [0.5, 0.6) is 5.75 Å². The monoisotopic (exact) mass is 388 g/mol. The summed E-state index contributed by atoms with van der Waals surface area (Å²) in [6.07, 6.45) is 1.51. The summed E-state index contributed by atoms with van der Waals surface area (Å²) in [5.41, 5.74) is 0.846. The van der Waals surface area contributed by atoms with Gasteiger partial charge in [-0.15, -0.1) is 11.3 Å². The number of hydrogen-bond acceptors (Lipinski definition) is 5. The third-order valence-electron chi connectivity index (χ3n) is 4.86. The molecule has 1 amide bonds. The molecule has 144 valence electrons. The van der Waals surface area contributed by atoms with E-state index in [1.807, 2.05) is 36.6 Å². The highest BCUT2D eigenvalue weighted by Crippen LogP contribution is 2.30. The van der Waals surface area contributed by atoms with Gasteiger partial charge in [-0.3, -0.25) is 9.59 Å². The summed E-state index contributed by atoms with van der Waals surface area (Å²) in [4.78, 5) is 30.3. The van der Waals surface area contributed by atoms with Crippen LogP contribution >= 0.6 is 11.3 Å². The van der Waals surface area contributed by atoms with Gasteiger partial charge in [0.25, 0.3) is 0 Å². The Balaban J connectivity index is 1.65. The highest BCUT2D eigenvalue weighted by molar-refractivity contribution is 7.13. The zero-order valence-electron chi connectivity index (χ0n) is 15.6. The van der Waals surface area contributed by atoms with Crippen molar-refractivity contribution in [2.45, 2.75) is 33.1 Å². The number of aromatic nitrogens is 1. The Morgan fingerprint density at radius 2 is 2.07 bits per heavy atom. The summed E-state index contributed by atoms with van der Waals surface area (Å²) in [5, 5.41) is 12.2. The van der Waals surface area contributed by atoms with E-state index < -0.39 is 11.4 Å². The molecule has 27 heavy (non-hydrogen) atoms. The molecule has 1 aromatic heterocycles. The third-order valence-corrected chi connectivity index (χ3v) is 5.80. The molecule has 1 fully saturated rings. The maximum absolute atomic E-state index is 12.6. The fourth-order valence-electron chi connectivity index (χ4n) is 3.27. The minimum Gasteiger partial charge on any atom is -0.494 e. The van der Waals surface area contributed by atoms with E-state index in [2.05, 4.69) is 4.98 Å². The van der Waals surface area contributed by atoms with E-state index in [-0.39, 0.29) is 18.9 Å². The first-order valence-corrected chi connectivity index (χ1v) is 9.98. The highest BCUT2D eigenvalue weighted by atomic mass is 32.1. The van der Waals surface area contributed by atoms with Crippen molar-refractivity contribution in [1.29, 1.82) is 0 Å². The SMILES string of the molecule is CCOc1ccc(-c2nc(CC(=O)N3CCCC(C)(C(=O)O)C3)cs2)cc1. The van der Waals surface area contributed by atoms with Gasteiger partial charge in [-0.25, -0.2) is 4.98 Å². The number of aliphatic carboxylic acids is 1. The van der Waals surface area contributed by atoms with Gasteiger partial charge in [-0.1, -0.05) is 0 Å². The van der Waals surface area contributed by atoms with Crippen molar-refractivity contribution in [3.63, 3.8) is 0 Å². The number of thiazole rings is 1.